The molecule has 0 saturated carbocycles. The quantitative estimate of drug-likeness (QED) is 0.361. The third-order valence-corrected chi connectivity index (χ3v) is 7.90. The number of nitrogens with zero attached hydrogens (tertiary/aromatic N) is 3. The van der Waals surface area contributed by atoms with Crippen molar-refractivity contribution in [3.63, 3.8) is 0 Å². The van der Waals surface area contributed by atoms with Crippen LogP contribution in [0, 0.1) is 20.8 Å². The van der Waals surface area contributed by atoms with Gasteiger partial charge in [-0.05, 0) is 81.8 Å². The molecule has 0 bridgehead atoms. The van der Waals surface area contributed by atoms with E-state index in [1.807, 2.05) is 37.3 Å². The summed E-state index contributed by atoms with van der Waals surface area (Å²) in [6.07, 6.45) is 1.91. The van der Waals surface area contributed by atoms with Gasteiger partial charge in [-0.2, -0.15) is 0 Å². The molecular weight excluding hydrogens is 510 g/mol. The first-order valence-electron chi connectivity index (χ1n) is 13.1. The Morgan fingerprint density at radius 3 is 2.38 bits per heavy atom. The van der Waals surface area contributed by atoms with Crippen LogP contribution in [-0.4, -0.2) is 53.6 Å². The van der Waals surface area contributed by atoms with Gasteiger partial charge in [-0.1, -0.05) is 29.5 Å². The molecule has 8 heteroatoms. The van der Waals surface area contributed by atoms with Gasteiger partial charge in [0, 0.05) is 35.9 Å². The number of benzene rings is 2. The van der Waals surface area contributed by atoms with Crippen molar-refractivity contribution in [2.45, 2.75) is 27.7 Å². The van der Waals surface area contributed by atoms with E-state index in [2.05, 4.69) is 58.6 Å². The molecule has 3 heterocycles. The number of ether oxygens (including phenoxy) is 2. The lowest BCUT2D eigenvalue weighted by molar-refractivity contribution is -0.138. The molecule has 1 aromatic heterocycles. The zero-order valence-corrected chi connectivity index (χ0v) is 23.5. The summed E-state index contributed by atoms with van der Waals surface area (Å²) in [5.41, 5.74) is 7.25. The molecule has 2 aromatic carbocycles. The lowest BCUT2D eigenvalue weighted by Crippen LogP contribution is -2.36. The van der Waals surface area contributed by atoms with Crippen molar-refractivity contribution in [1.82, 2.24) is 4.57 Å². The molecule has 39 heavy (non-hydrogen) atoms. The summed E-state index contributed by atoms with van der Waals surface area (Å²) in [4.78, 5) is 20.4. The predicted octanol–water partition coefficient (Wildman–Crippen LogP) is 6.43. The lowest BCUT2D eigenvalue weighted by Gasteiger charge is -2.29. The summed E-state index contributed by atoms with van der Waals surface area (Å²) in [6.45, 7) is 11.4. The summed E-state index contributed by atoms with van der Waals surface area (Å²) >= 11 is 1.27. The van der Waals surface area contributed by atoms with Gasteiger partial charge in [0.25, 0.3) is 0 Å². The van der Waals surface area contributed by atoms with Crippen LogP contribution in [0.5, 0.6) is 0 Å². The fraction of sp³-hybridized carbons (Fsp3) is 0.290. The van der Waals surface area contributed by atoms with E-state index in [0.29, 0.717) is 15.6 Å². The summed E-state index contributed by atoms with van der Waals surface area (Å²) < 4.78 is 12.9. The maximum Gasteiger partial charge on any atom is 0.344 e. The minimum Gasteiger partial charge on any atom is -0.506 e. The minimum atomic E-state index is -0.581. The molecule has 1 saturated heterocycles. The molecule has 0 spiro atoms. The average Bonchev–Trinajstić information content (AvgIpc) is 3.40. The Labute approximate surface area is 233 Å². The van der Waals surface area contributed by atoms with Gasteiger partial charge in [-0.25, -0.2) is 9.79 Å². The Morgan fingerprint density at radius 2 is 1.72 bits per heavy atom. The van der Waals surface area contributed by atoms with Crippen LogP contribution in [0.15, 0.2) is 75.8 Å². The Kier molecular flexibility index (Phi) is 7.95. The van der Waals surface area contributed by atoms with Gasteiger partial charge in [-0.15, -0.1) is 0 Å². The average molecular weight is 544 g/mol. The highest BCUT2D eigenvalue weighted by molar-refractivity contribution is 8.18. The minimum absolute atomic E-state index is 0.0983. The third-order valence-electron chi connectivity index (χ3n) is 6.88. The zero-order chi connectivity index (χ0) is 27.5. The van der Waals surface area contributed by atoms with E-state index >= 15 is 0 Å². The number of hydrogen-bond donors (Lipinski definition) is 1. The SMILES string of the molecule is CCOC(=O)C1=C(O)/C(=C/c2cc(C)n(-c3ccc(N4CCOCC4)cc3)c2C)SC1=Nc1ccc(C)cc1. The van der Waals surface area contributed by atoms with Crippen LogP contribution >= 0.6 is 11.8 Å². The van der Waals surface area contributed by atoms with Crippen LogP contribution in [0.25, 0.3) is 11.8 Å². The number of carbonyl (C=O) groups excluding carboxylic acids is 1. The number of aliphatic imine (C=N–C) groups is 1. The molecule has 0 radical (unpaired) electrons. The van der Waals surface area contributed by atoms with Gasteiger partial charge in [0.2, 0.25) is 0 Å². The molecule has 0 atom stereocenters. The van der Waals surface area contributed by atoms with E-state index in [1.54, 1.807) is 6.92 Å². The number of aromatic nitrogens is 1. The Bertz CT molecular complexity index is 1460. The number of aliphatic hydroxyl groups excluding tert-OH is 1. The van der Waals surface area contributed by atoms with E-state index in [0.717, 1.165) is 54.5 Å². The molecule has 0 aliphatic carbocycles. The van der Waals surface area contributed by atoms with E-state index in [4.69, 9.17) is 9.47 Å². The smallest absolute Gasteiger partial charge is 0.344 e. The first-order valence-corrected chi connectivity index (χ1v) is 14.0. The predicted molar refractivity (Wildman–Crippen MR) is 158 cm³/mol. The largest absolute Gasteiger partial charge is 0.506 e. The highest BCUT2D eigenvalue weighted by Crippen LogP contribution is 2.41. The van der Waals surface area contributed by atoms with Crippen molar-refractivity contribution in [2.24, 2.45) is 4.99 Å². The number of morpholine rings is 1. The van der Waals surface area contributed by atoms with E-state index in [1.165, 1.54) is 17.4 Å². The molecule has 2 aliphatic heterocycles. The van der Waals surface area contributed by atoms with Crippen LogP contribution in [0.4, 0.5) is 11.4 Å². The number of rotatable bonds is 6. The van der Waals surface area contributed by atoms with Crippen molar-refractivity contribution < 1.29 is 19.4 Å². The fourth-order valence-corrected chi connectivity index (χ4v) is 5.86. The van der Waals surface area contributed by atoms with Crippen LogP contribution in [-0.2, 0) is 14.3 Å². The third kappa shape index (κ3) is 5.67. The topological polar surface area (TPSA) is 76.3 Å². The van der Waals surface area contributed by atoms with Crippen LogP contribution in [0.3, 0.4) is 0 Å². The molecule has 7 nitrogen and oxygen atoms in total. The highest BCUT2D eigenvalue weighted by Gasteiger charge is 2.33. The number of anilines is 1. The van der Waals surface area contributed by atoms with Crippen molar-refractivity contribution >= 4 is 40.2 Å². The Balaban J connectivity index is 1.47. The lowest BCUT2D eigenvalue weighted by atomic mass is 10.1. The summed E-state index contributed by atoms with van der Waals surface area (Å²) in [6, 6.07) is 18.4. The van der Waals surface area contributed by atoms with Gasteiger partial charge in [-0.3, -0.25) is 0 Å². The number of thioether (sulfide) groups is 1. The van der Waals surface area contributed by atoms with Crippen molar-refractivity contribution in [1.29, 1.82) is 0 Å². The number of esters is 1. The summed E-state index contributed by atoms with van der Waals surface area (Å²) in [5.74, 6) is -0.688. The van der Waals surface area contributed by atoms with Crippen molar-refractivity contribution in [3.8, 4) is 5.69 Å². The first-order chi connectivity index (χ1) is 18.9. The second-order valence-electron chi connectivity index (χ2n) is 9.58. The van der Waals surface area contributed by atoms with E-state index in [-0.39, 0.29) is 17.9 Å². The fourth-order valence-electron chi connectivity index (χ4n) is 4.83. The summed E-state index contributed by atoms with van der Waals surface area (Å²) in [5, 5.41) is 11.6. The first kappa shape index (κ1) is 26.8. The molecule has 2 aliphatic rings. The molecule has 5 rings (SSSR count). The number of carbonyl (C=O) groups is 1. The monoisotopic (exact) mass is 543 g/mol. The molecule has 3 aromatic rings. The molecule has 0 amide bonds. The van der Waals surface area contributed by atoms with E-state index in [9.17, 15) is 9.90 Å². The summed E-state index contributed by atoms with van der Waals surface area (Å²) in [7, 11) is 0. The molecular formula is C31H33N3O4S. The number of aliphatic hydroxyl groups is 1. The standard InChI is InChI=1S/C31H33N3O4S/c1-5-38-31(36)28-29(35)27(39-30(28)32-24-8-6-20(2)7-9-24)19-23-18-21(3)34(22(23)4)26-12-10-25(11-13-26)33-14-16-37-17-15-33/h6-13,18-19,35H,5,14-17H2,1-4H3/b27-19-,32-30?. The van der Waals surface area contributed by atoms with Gasteiger partial charge >= 0.3 is 5.97 Å². The molecule has 1 fully saturated rings. The van der Waals surface area contributed by atoms with Gasteiger partial charge < -0.3 is 24.0 Å². The van der Waals surface area contributed by atoms with Gasteiger partial charge in [0.1, 0.15) is 16.4 Å². The van der Waals surface area contributed by atoms with Crippen molar-refractivity contribution in [3.05, 3.63) is 93.3 Å². The van der Waals surface area contributed by atoms with Crippen LogP contribution < -0.4 is 4.90 Å². The zero-order valence-electron chi connectivity index (χ0n) is 22.7. The number of hydrogen-bond acceptors (Lipinski definition) is 7. The van der Waals surface area contributed by atoms with Gasteiger partial charge in [0.15, 0.2) is 0 Å². The second kappa shape index (κ2) is 11.6. The molecule has 0 unspecified atom stereocenters. The van der Waals surface area contributed by atoms with Crippen molar-refractivity contribution in [2.75, 3.05) is 37.8 Å². The van der Waals surface area contributed by atoms with Gasteiger partial charge in [0.05, 0.1) is 30.4 Å². The maximum atomic E-state index is 12.8. The molecule has 202 valence electrons. The van der Waals surface area contributed by atoms with Crippen LogP contribution in [0.1, 0.15) is 29.4 Å². The number of aryl methyl sites for hydroxylation is 2. The van der Waals surface area contributed by atoms with Crippen LogP contribution in [0.2, 0.25) is 0 Å². The van der Waals surface area contributed by atoms with E-state index < -0.39 is 5.97 Å². The Morgan fingerprint density at radius 1 is 1.05 bits per heavy atom. The maximum absolute atomic E-state index is 12.8. The highest BCUT2D eigenvalue weighted by atomic mass is 32.2. The Hall–Kier alpha value is -3.75. The second-order valence-corrected chi connectivity index (χ2v) is 10.6. The molecule has 1 N–H and O–H groups in total. The normalized spacial score (nSPS) is 17.9.